The van der Waals surface area contributed by atoms with Gasteiger partial charge in [0.15, 0.2) is 5.78 Å². The average Bonchev–Trinajstić information content (AvgIpc) is 2.04. The van der Waals surface area contributed by atoms with Crippen LogP contribution in [-0.4, -0.2) is 5.78 Å². The molecule has 0 aliphatic carbocycles. The van der Waals surface area contributed by atoms with E-state index in [2.05, 4.69) is 19.9 Å². The number of hydrogen-bond acceptors (Lipinski definition) is 1. The van der Waals surface area contributed by atoms with E-state index in [1.54, 1.807) is 0 Å². The maximum atomic E-state index is 11.5. The summed E-state index contributed by atoms with van der Waals surface area (Å²) in [6.45, 7) is 6.24. The van der Waals surface area contributed by atoms with E-state index in [4.69, 9.17) is 0 Å². The molecule has 0 spiro atoms. The van der Waals surface area contributed by atoms with Gasteiger partial charge in [-0.05, 0) is 24.8 Å². The molecule has 0 unspecified atom stereocenters. The normalized spacial score (nSPS) is 11.8. The molecule has 0 atom stereocenters. The number of ketones is 1. The predicted molar refractivity (Wildman–Crippen MR) is 53.2 cm³/mol. The minimum Gasteiger partial charge on any atom is -0.295 e. The highest BCUT2D eigenvalue weighted by molar-refractivity contribution is 5.95. The number of allylic oxidation sites excluding steroid dienone is 2. The van der Waals surface area contributed by atoms with Crippen LogP contribution < -0.4 is 0 Å². The van der Waals surface area contributed by atoms with Gasteiger partial charge in [0, 0.05) is 6.42 Å². The molecular weight excluding hydrogens is 148 g/mol. The predicted octanol–water partition coefficient (Wildman–Crippen LogP) is 3.49. The smallest absolute Gasteiger partial charge is 0.158 e. The Labute approximate surface area is 75.9 Å². The number of carbonyl (C=O) groups is 1. The molecule has 0 amide bonds. The van der Waals surface area contributed by atoms with Crippen LogP contribution in [0.2, 0.25) is 0 Å². The average molecular weight is 168 g/mol. The molecule has 0 aliphatic heterocycles. The van der Waals surface area contributed by atoms with Crippen molar-refractivity contribution in [3.05, 3.63) is 11.6 Å². The van der Waals surface area contributed by atoms with E-state index in [0.29, 0.717) is 12.2 Å². The summed E-state index contributed by atoms with van der Waals surface area (Å²) in [5.74, 6) is 0.348. The molecule has 0 rings (SSSR count). The van der Waals surface area contributed by atoms with E-state index < -0.39 is 0 Å². The van der Waals surface area contributed by atoms with Crippen LogP contribution in [-0.2, 0) is 4.79 Å². The van der Waals surface area contributed by atoms with Crippen LogP contribution in [0.1, 0.15) is 52.9 Å². The standard InChI is InChI=1S/C11H20O/c1-4-7-10(8-5-2)11(12)9-6-3/h7H,4-6,8-9H2,1-3H3/b10-7+. The first-order chi connectivity index (χ1) is 5.76. The second-order valence-electron chi connectivity index (χ2n) is 3.06. The van der Waals surface area contributed by atoms with Crippen molar-refractivity contribution in [1.82, 2.24) is 0 Å². The Hall–Kier alpha value is -0.590. The summed E-state index contributed by atoms with van der Waals surface area (Å²) in [5.41, 5.74) is 1.04. The molecule has 12 heavy (non-hydrogen) atoms. The molecule has 0 aromatic heterocycles. The Morgan fingerprint density at radius 1 is 1.08 bits per heavy atom. The minimum absolute atomic E-state index is 0.348. The highest BCUT2D eigenvalue weighted by Gasteiger charge is 2.05. The molecule has 0 saturated carbocycles. The fraction of sp³-hybridized carbons (Fsp3) is 0.727. The van der Waals surface area contributed by atoms with Crippen molar-refractivity contribution in [2.75, 3.05) is 0 Å². The summed E-state index contributed by atoms with van der Waals surface area (Å²) < 4.78 is 0. The molecule has 0 aromatic carbocycles. The van der Waals surface area contributed by atoms with Gasteiger partial charge >= 0.3 is 0 Å². The summed E-state index contributed by atoms with van der Waals surface area (Å²) in [7, 11) is 0. The quantitative estimate of drug-likeness (QED) is 0.555. The van der Waals surface area contributed by atoms with Crippen LogP contribution in [0.3, 0.4) is 0 Å². The third-order valence-corrected chi connectivity index (χ3v) is 1.81. The van der Waals surface area contributed by atoms with Crippen molar-refractivity contribution in [3.8, 4) is 0 Å². The van der Waals surface area contributed by atoms with E-state index in [1.807, 2.05) is 6.92 Å². The maximum Gasteiger partial charge on any atom is 0.158 e. The van der Waals surface area contributed by atoms with Crippen molar-refractivity contribution in [1.29, 1.82) is 0 Å². The molecule has 0 aliphatic rings. The summed E-state index contributed by atoms with van der Waals surface area (Å²) in [6, 6.07) is 0. The number of carbonyl (C=O) groups excluding carboxylic acids is 1. The van der Waals surface area contributed by atoms with Crippen LogP contribution >= 0.6 is 0 Å². The lowest BCUT2D eigenvalue weighted by atomic mass is 10.0. The lowest BCUT2D eigenvalue weighted by Crippen LogP contribution is -2.01. The Bertz CT molecular complexity index is 156. The lowest BCUT2D eigenvalue weighted by molar-refractivity contribution is -0.115. The Balaban J connectivity index is 4.09. The van der Waals surface area contributed by atoms with Crippen LogP contribution in [0.4, 0.5) is 0 Å². The van der Waals surface area contributed by atoms with Gasteiger partial charge in [-0.1, -0.05) is 33.3 Å². The van der Waals surface area contributed by atoms with Crippen LogP contribution in [0, 0.1) is 0 Å². The Morgan fingerprint density at radius 2 is 1.67 bits per heavy atom. The van der Waals surface area contributed by atoms with Gasteiger partial charge in [-0.15, -0.1) is 0 Å². The van der Waals surface area contributed by atoms with Crippen molar-refractivity contribution < 1.29 is 4.79 Å². The molecule has 0 saturated heterocycles. The highest BCUT2D eigenvalue weighted by Crippen LogP contribution is 2.10. The highest BCUT2D eigenvalue weighted by atomic mass is 16.1. The SMILES string of the molecule is CC/C=C(\CCC)C(=O)CCC. The van der Waals surface area contributed by atoms with Crippen molar-refractivity contribution in [3.63, 3.8) is 0 Å². The Kier molecular flexibility index (Phi) is 6.73. The van der Waals surface area contributed by atoms with Gasteiger partial charge in [-0.2, -0.15) is 0 Å². The van der Waals surface area contributed by atoms with E-state index in [1.165, 1.54) is 0 Å². The first-order valence-corrected chi connectivity index (χ1v) is 4.98. The topological polar surface area (TPSA) is 17.1 Å². The molecule has 1 nitrogen and oxygen atoms in total. The Morgan fingerprint density at radius 3 is 2.08 bits per heavy atom. The summed E-state index contributed by atoms with van der Waals surface area (Å²) in [4.78, 5) is 11.5. The molecule has 1 heteroatoms. The molecular formula is C11H20O. The summed E-state index contributed by atoms with van der Waals surface area (Å²) in [5, 5.41) is 0. The number of Topliss-reactive ketones (excluding diaryl/α,β-unsaturated/α-hetero) is 1. The van der Waals surface area contributed by atoms with Gasteiger partial charge in [-0.25, -0.2) is 0 Å². The number of rotatable bonds is 6. The summed E-state index contributed by atoms with van der Waals surface area (Å²) in [6.07, 6.45) is 6.75. The summed E-state index contributed by atoms with van der Waals surface area (Å²) >= 11 is 0. The van der Waals surface area contributed by atoms with Crippen molar-refractivity contribution in [2.45, 2.75) is 52.9 Å². The maximum absolute atomic E-state index is 11.5. The van der Waals surface area contributed by atoms with E-state index >= 15 is 0 Å². The van der Waals surface area contributed by atoms with E-state index in [0.717, 1.165) is 31.3 Å². The van der Waals surface area contributed by atoms with E-state index in [-0.39, 0.29) is 0 Å². The van der Waals surface area contributed by atoms with Crippen molar-refractivity contribution in [2.24, 2.45) is 0 Å². The molecule has 0 N–H and O–H groups in total. The zero-order chi connectivity index (χ0) is 9.40. The van der Waals surface area contributed by atoms with Crippen LogP contribution in [0.15, 0.2) is 11.6 Å². The van der Waals surface area contributed by atoms with Crippen LogP contribution in [0.25, 0.3) is 0 Å². The molecule has 70 valence electrons. The van der Waals surface area contributed by atoms with Crippen LogP contribution in [0.5, 0.6) is 0 Å². The zero-order valence-electron chi connectivity index (χ0n) is 8.52. The van der Waals surface area contributed by atoms with Gasteiger partial charge in [0.05, 0.1) is 0 Å². The zero-order valence-corrected chi connectivity index (χ0v) is 8.52. The fourth-order valence-corrected chi connectivity index (χ4v) is 1.26. The molecule has 0 aromatic rings. The first-order valence-electron chi connectivity index (χ1n) is 4.98. The van der Waals surface area contributed by atoms with Crippen molar-refractivity contribution >= 4 is 5.78 Å². The van der Waals surface area contributed by atoms with Gasteiger partial charge in [0.2, 0.25) is 0 Å². The first kappa shape index (κ1) is 11.4. The minimum atomic E-state index is 0.348. The third-order valence-electron chi connectivity index (χ3n) is 1.81. The molecule has 0 heterocycles. The van der Waals surface area contributed by atoms with Gasteiger partial charge < -0.3 is 0 Å². The van der Waals surface area contributed by atoms with Gasteiger partial charge in [0.25, 0.3) is 0 Å². The van der Waals surface area contributed by atoms with E-state index in [9.17, 15) is 4.79 Å². The largest absolute Gasteiger partial charge is 0.295 e. The molecule has 0 bridgehead atoms. The second-order valence-corrected chi connectivity index (χ2v) is 3.06. The lowest BCUT2D eigenvalue weighted by Gasteiger charge is -2.02. The monoisotopic (exact) mass is 168 g/mol. The third kappa shape index (κ3) is 4.32. The second kappa shape index (κ2) is 7.08. The molecule has 0 fully saturated rings. The van der Waals surface area contributed by atoms with Gasteiger partial charge in [0.1, 0.15) is 0 Å². The fourth-order valence-electron chi connectivity index (χ4n) is 1.26. The molecule has 0 radical (unpaired) electrons. The van der Waals surface area contributed by atoms with Gasteiger partial charge in [-0.3, -0.25) is 4.79 Å². The number of hydrogen-bond donors (Lipinski definition) is 0.